The van der Waals surface area contributed by atoms with Gasteiger partial charge < -0.3 is 9.64 Å². The molecular formula is C24H25F3N2OS. The molecule has 3 aromatic rings. The maximum Gasteiger partial charge on any atom is 0.416 e. The number of benzene rings is 2. The van der Waals surface area contributed by atoms with E-state index in [4.69, 9.17) is 4.74 Å². The second kappa shape index (κ2) is 9.75. The summed E-state index contributed by atoms with van der Waals surface area (Å²) in [6.45, 7) is 4.80. The number of thiophene rings is 1. The lowest BCUT2D eigenvalue weighted by Crippen LogP contribution is -2.46. The van der Waals surface area contributed by atoms with Gasteiger partial charge in [0.15, 0.2) is 0 Å². The van der Waals surface area contributed by atoms with E-state index < -0.39 is 11.7 Å². The maximum absolute atomic E-state index is 12.8. The normalized spacial score (nSPS) is 16.3. The number of piperazine rings is 1. The molecule has 2 aromatic carbocycles. The summed E-state index contributed by atoms with van der Waals surface area (Å²) >= 11 is 1.61. The van der Waals surface area contributed by atoms with Gasteiger partial charge in [-0.2, -0.15) is 13.2 Å². The van der Waals surface area contributed by atoms with Crippen LogP contribution in [0.15, 0.2) is 72.1 Å². The van der Waals surface area contributed by atoms with E-state index in [-0.39, 0.29) is 6.10 Å². The first-order valence-electron chi connectivity index (χ1n) is 10.4. The Kier molecular flexibility index (Phi) is 6.83. The van der Waals surface area contributed by atoms with Crippen LogP contribution in [0.5, 0.6) is 5.75 Å². The number of para-hydroxylation sites is 1. The molecule has 0 bridgehead atoms. The van der Waals surface area contributed by atoms with Crippen molar-refractivity contribution in [1.29, 1.82) is 0 Å². The third kappa shape index (κ3) is 5.80. The van der Waals surface area contributed by atoms with Gasteiger partial charge in [-0.3, -0.25) is 4.90 Å². The largest absolute Gasteiger partial charge is 0.485 e. The summed E-state index contributed by atoms with van der Waals surface area (Å²) in [5.74, 6) is 0.459. The van der Waals surface area contributed by atoms with Crippen molar-refractivity contribution in [3.05, 3.63) is 82.6 Å². The van der Waals surface area contributed by atoms with Crippen molar-refractivity contribution in [2.24, 2.45) is 0 Å². The minimum Gasteiger partial charge on any atom is -0.485 e. The van der Waals surface area contributed by atoms with Crippen LogP contribution in [0.2, 0.25) is 0 Å². The molecular weight excluding hydrogens is 421 g/mol. The standard InChI is InChI=1S/C24H25F3N2OS/c25-24(26,27)19-8-10-21(11-9-19)30-22(23-7-4-18-31-23)12-13-28-14-16-29(17-15-28)20-5-2-1-3-6-20/h1-11,18,22H,12-17H2. The molecule has 1 unspecified atom stereocenters. The fraction of sp³-hybridized carbons (Fsp3) is 0.333. The van der Waals surface area contributed by atoms with Gasteiger partial charge in [0.05, 0.1) is 5.56 Å². The molecule has 1 fully saturated rings. The van der Waals surface area contributed by atoms with E-state index in [0.29, 0.717) is 5.75 Å². The monoisotopic (exact) mass is 446 g/mol. The zero-order valence-electron chi connectivity index (χ0n) is 17.1. The van der Waals surface area contributed by atoms with Gasteiger partial charge in [0.2, 0.25) is 0 Å². The minimum absolute atomic E-state index is 0.177. The number of halogens is 3. The van der Waals surface area contributed by atoms with Crippen LogP contribution in [-0.4, -0.2) is 37.6 Å². The Balaban J connectivity index is 1.34. The minimum atomic E-state index is -4.34. The van der Waals surface area contributed by atoms with Crippen molar-refractivity contribution >= 4 is 17.0 Å². The second-order valence-electron chi connectivity index (χ2n) is 7.60. The van der Waals surface area contributed by atoms with Gasteiger partial charge in [0.1, 0.15) is 11.9 Å². The van der Waals surface area contributed by atoms with Gasteiger partial charge in [-0.25, -0.2) is 0 Å². The van der Waals surface area contributed by atoms with E-state index in [1.807, 2.05) is 23.6 Å². The summed E-state index contributed by atoms with van der Waals surface area (Å²) in [4.78, 5) is 5.91. The number of hydrogen-bond donors (Lipinski definition) is 0. The smallest absolute Gasteiger partial charge is 0.416 e. The first kappa shape index (κ1) is 21.7. The molecule has 0 radical (unpaired) electrons. The van der Waals surface area contributed by atoms with E-state index in [1.54, 1.807) is 11.3 Å². The molecule has 1 aromatic heterocycles. The van der Waals surface area contributed by atoms with Gasteiger partial charge in [0.25, 0.3) is 0 Å². The first-order valence-corrected chi connectivity index (χ1v) is 11.3. The number of nitrogens with zero attached hydrogens (tertiary/aromatic N) is 2. The van der Waals surface area contributed by atoms with Crippen molar-refractivity contribution in [2.75, 3.05) is 37.6 Å². The summed E-state index contributed by atoms with van der Waals surface area (Å²) in [7, 11) is 0. The van der Waals surface area contributed by atoms with Gasteiger partial charge in [0, 0.05) is 49.7 Å². The van der Waals surface area contributed by atoms with E-state index in [2.05, 4.69) is 34.1 Å². The average molecular weight is 447 g/mol. The summed E-state index contributed by atoms with van der Waals surface area (Å²) < 4.78 is 44.6. The zero-order valence-corrected chi connectivity index (χ0v) is 17.9. The number of alkyl halides is 3. The maximum atomic E-state index is 12.8. The highest BCUT2D eigenvalue weighted by Crippen LogP contribution is 2.33. The van der Waals surface area contributed by atoms with E-state index >= 15 is 0 Å². The molecule has 0 amide bonds. The molecule has 31 heavy (non-hydrogen) atoms. The molecule has 0 N–H and O–H groups in total. The third-order valence-electron chi connectivity index (χ3n) is 5.52. The van der Waals surface area contributed by atoms with Gasteiger partial charge in [-0.15, -0.1) is 11.3 Å². The molecule has 2 heterocycles. The molecule has 0 aliphatic carbocycles. The van der Waals surface area contributed by atoms with E-state index in [1.165, 1.54) is 17.8 Å². The van der Waals surface area contributed by atoms with Crippen molar-refractivity contribution in [2.45, 2.75) is 18.7 Å². The lowest BCUT2D eigenvalue weighted by atomic mass is 10.1. The molecule has 1 aliphatic rings. The third-order valence-corrected chi connectivity index (χ3v) is 6.49. The molecule has 7 heteroatoms. The Bertz CT molecular complexity index is 922. The van der Waals surface area contributed by atoms with Crippen molar-refractivity contribution < 1.29 is 17.9 Å². The van der Waals surface area contributed by atoms with Crippen LogP contribution < -0.4 is 9.64 Å². The SMILES string of the molecule is FC(F)(F)c1ccc(OC(CCN2CCN(c3ccccc3)CC2)c2cccs2)cc1. The molecule has 164 valence electrons. The molecule has 4 rings (SSSR count). The molecule has 3 nitrogen and oxygen atoms in total. The van der Waals surface area contributed by atoms with Crippen LogP contribution in [0.1, 0.15) is 23.0 Å². The Hall–Kier alpha value is -2.51. The van der Waals surface area contributed by atoms with Crippen molar-refractivity contribution in [3.8, 4) is 5.75 Å². The predicted molar refractivity (Wildman–Crippen MR) is 119 cm³/mol. The zero-order chi connectivity index (χ0) is 21.7. The van der Waals surface area contributed by atoms with Crippen LogP contribution in [0.25, 0.3) is 0 Å². The summed E-state index contributed by atoms with van der Waals surface area (Å²) in [6, 6.07) is 19.4. The highest BCUT2D eigenvalue weighted by atomic mass is 32.1. The Morgan fingerprint density at radius 1 is 0.871 bits per heavy atom. The second-order valence-corrected chi connectivity index (χ2v) is 8.58. The van der Waals surface area contributed by atoms with Crippen LogP contribution in [0.3, 0.4) is 0 Å². The van der Waals surface area contributed by atoms with Crippen LogP contribution in [0.4, 0.5) is 18.9 Å². The summed E-state index contributed by atoms with van der Waals surface area (Å²) in [5, 5.41) is 2.00. The quantitative estimate of drug-likeness (QED) is 0.436. The number of ether oxygens (including phenoxy) is 1. The highest BCUT2D eigenvalue weighted by Gasteiger charge is 2.30. The van der Waals surface area contributed by atoms with Crippen LogP contribution in [0, 0.1) is 0 Å². The average Bonchev–Trinajstić information content (AvgIpc) is 3.32. The highest BCUT2D eigenvalue weighted by molar-refractivity contribution is 7.10. The lowest BCUT2D eigenvalue weighted by Gasteiger charge is -2.36. The summed E-state index contributed by atoms with van der Waals surface area (Å²) in [5.41, 5.74) is 0.591. The van der Waals surface area contributed by atoms with E-state index in [0.717, 1.165) is 56.2 Å². The van der Waals surface area contributed by atoms with Gasteiger partial charge in [-0.1, -0.05) is 24.3 Å². The Morgan fingerprint density at radius 2 is 1.58 bits per heavy atom. The number of rotatable bonds is 7. The Morgan fingerprint density at radius 3 is 2.19 bits per heavy atom. The molecule has 0 spiro atoms. The Labute approximate surface area is 184 Å². The summed E-state index contributed by atoms with van der Waals surface area (Å²) in [6.07, 6.45) is -3.73. The number of anilines is 1. The first-order chi connectivity index (χ1) is 15.0. The van der Waals surface area contributed by atoms with Crippen LogP contribution >= 0.6 is 11.3 Å². The fourth-order valence-electron chi connectivity index (χ4n) is 3.79. The molecule has 1 saturated heterocycles. The number of hydrogen-bond acceptors (Lipinski definition) is 4. The topological polar surface area (TPSA) is 15.7 Å². The fourth-order valence-corrected chi connectivity index (χ4v) is 4.58. The van der Waals surface area contributed by atoms with Crippen molar-refractivity contribution in [1.82, 2.24) is 4.90 Å². The van der Waals surface area contributed by atoms with Crippen molar-refractivity contribution in [3.63, 3.8) is 0 Å². The molecule has 1 aliphatic heterocycles. The lowest BCUT2D eigenvalue weighted by molar-refractivity contribution is -0.137. The van der Waals surface area contributed by atoms with Crippen LogP contribution in [-0.2, 0) is 6.18 Å². The van der Waals surface area contributed by atoms with Gasteiger partial charge >= 0.3 is 6.18 Å². The predicted octanol–water partition coefficient (Wildman–Crippen LogP) is 6.10. The molecule has 0 saturated carbocycles. The van der Waals surface area contributed by atoms with E-state index in [9.17, 15) is 13.2 Å². The molecule has 1 atom stereocenters. The van der Waals surface area contributed by atoms with Gasteiger partial charge in [-0.05, 0) is 47.8 Å².